The zero-order valence-corrected chi connectivity index (χ0v) is 10.5. The maximum Gasteiger partial charge on any atom is 0.239 e. The van der Waals surface area contributed by atoms with Gasteiger partial charge in [-0.05, 0) is 19.2 Å². The molecule has 98 valence electrons. The minimum Gasteiger partial charge on any atom is -0.378 e. The third-order valence-corrected chi connectivity index (χ3v) is 2.73. The fourth-order valence-corrected chi connectivity index (χ4v) is 1.82. The molecule has 1 amide bonds. The predicted octanol–water partition coefficient (Wildman–Crippen LogP) is 0.0761. The van der Waals surface area contributed by atoms with Crippen LogP contribution in [0.1, 0.15) is 0 Å². The maximum atomic E-state index is 11.4. The number of ether oxygens (including phenoxy) is 1. The zero-order valence-electron chi connectivity index (χ0n) is 10.5. The van der Waals surface area contributed by atoms with Crippen molar-refractivity contribution < 1.29 is 9.53 Å². The number of carbonyl (C=O) groups is 1. The van der Waals surface area contributed by atoms with Crippen molar-refractivity contribution in [2.24, 2.45) is 0 Å². The van der Waals surface area contributed by atoms with E-state index in [4.69, 9.17) is 4.74 Å². The smallest absolute Gasteiger partial charge is 0.239 e. The van der Waals surface area contributed by atoms with Crippen LogP contribution in [-0.4, -0.2) is 50.8 Å². The molecule has 0 saturated carbocycles. The predicted molar refractivity (Wildman–Crippen MR) is 69.8 cm³/mol. The summed E-state index contributed by atoms with van der Waals surface area (Å²) in [5, 5.41) is 5.51. The minimum absolute atomic E-state index is 0.0934. The lowest BCUT2D eigenvalue weighted by atomic mass is 10.3. The van der Waals surface area contributed by atoms with Crippen molar-refractivity contribution in [3.63, 3.8) is 0 Å². The third kappa shape index (κ3) is 3.41. The quantitative estimate of drug-likeness (QED) is 0.792. The molecule has 0 atom stereocenters. The summed E-state index contributed by atoms with van der Waals surface area (Å²) in [7, 11) is 1.73. The average Bonchev–Trinajstić information content (AvgIpc) is 2.41. The Kier molecular flexibility index (Phi) is 4.49. The summed E-state index contributed by atoms with van der Waals surface area (Å²) in [6.45, 7) is 3.55. The molecule has 6 nitrogen and oxygen atoms in total. The molecule has 0 aliphatic carbocycles. The van der Waals surface area contributed by atoms with Crippen molar-refractivity contribution in [1.29, 1.82) is 0 Å². The number of rotatable bonds is 4. The van der Waals surface area contributed by atoms with E-state index in [1.54, 1.807) is 13.2 Å². The molecule has 0 bridgehead atoms. The van der Waals surface area contributed by atoms with Crippen molar-refractivity contribution in [2.45, 2.75) is 0 Å². The number of aromatic nitrogens is 1. The molecule has 18 heavy (non-hydrogen) atoms. The Balaban J connectivity index is 1.94. The first kappa shape index (κ1) is 12.8. The van der Waals surface area contributed by atoms with E-state index in [2.05, 4.69) is 20.5 Å². The van der Waals surface area contributed by atoms with Crippen molar-refractivity contribution in [2.75, 3.05) is 50.1 Å². The number of nitrogens with one attached hydrogen (secondary N) is 2. The molecule has 1 aromatic heterocycles. The van der Waals surface area contributed by atoms with Crippen LogP contribution < -0.4 is 15.5 Å². The van der Waals surface area contributed by atoms with Gasteiger partial charge in [-0.1, -0.05) is 0 Å². The number of amides is 1. The lowest BCUT2D eigenvalue weighted by molar-refractivity contribution is -0.115. The minimum atomic E-state index is -0.0934. The molecule has 6 heteroatoms. The Bertz CT molecular complexity index is 388. The lowest BCUT2D eigenvalue weighted by Gasteiger charge is -2.28. The van der Waals surface area contributed by atoms with Crippen molar-refractivity contribution >= 4 is 17.4 Å². The summed E-state index contributed by atoms with van der Waals surface area (Å²) >= 11 is 0. The van der Waals surface area contributed by atoms with Gasteiger partial charge in [0, 0.05) is 13.1 Å². The monoisotopic (exact) mass is 250 g/mol. The Morgan fingerprint density at radius 2 is 2.22 bits per heavy atom. The summed E-state index contributed by atoms with van der Waals surface area (Å²) in [4.78, 5) is 17.8. The lowest BCUT2D eigenvalue weighted by Crippen LogP contribution is -2.36. The molecule has 2 N–H and O–H groups in total. The molecular formula is C12H18N4O2. The Morgan fingerprint density at radius 3 is 2.83 bits per heavy atom. The number of carbonyl (C=O) groups excluding carboxylic acids is 1. The first-order valence-corrected chi connectivity index (χ1v) is 6.03. The average molecular weight is 250 g/mol. The van der Waals surface area contributed by atoms with E-state index in [0.29, 0.717) is 5.82 Å². The number of hydrogen-bond acceptors (Lipinski definition) is 5. The highest BCUT2D eigenvalue weighted by Crippen LogP contribution is 2.16. The molecule has 0 radical (unpaired) electrons. The molecule has 2 rings (SSSR count). The highest BCUT2D eigenvalue weighted by molar-refractivity contribution is 5.91. The first-order chi connectivity index (χ1) is 8.79. The number of nitrogens with zero attached hydrogens (tertiary/aromatic N) is 2. The van der Waals surface area contributed by atoms with E-state index in [1.807, 2.05) is 12.1 Å². The van der Waals surface area contributed by atoms with Gasteiger partial charge in [0.25, 0.3) is 0 Å². The number of morpholine rings is 1. The van der Waals surface area contributed by atoms with Gasteiger partial charge in [-0.25, -0.2) is 4.98 Å². The summed E-state index contributed by atoms with van der Waals surface area (Å²) < 4.78 is 5.30. The molecule has 0 aromatic carbocycles. The molecule has 1 saturated heterocycles. The van der Waals surface area contributed by atoms with Crippen LogP contribution in [-0.2, 0) is 9.53 Å². The van der Waals surface area contributed by atoms with Crippen LogP contribution in [0.2, 0.25) is 0 Å². The SMILES string of the molecule is CNCC(=O)Nc1ccc(N2CCOCC2)cn1. The molecule has 1 aromatic rings. The highest BCUT2D eigenvalue weighted by Gasteiger charge is 2.11. The van der Waals surface area contributed by atoms with Gasteiger partial charge in [-0.2, -0.15) is 0 Å². The summed E-state index contributed by atoms with van der Waals surface area (Å²) in [5.74, 6) is 0.483. The third-order valence-electron chi connectivity index (χ3n) is 2.73. The first-order valence-electron chi connectivity index (χ1n) is 6.03. The Morgan fingerprint density at radius 1 is 1.44 bits per heavy atom. The molecule has 0 unspecified atom stereocenters. The van der Waals surface area contributed by atoms with E-state index < -0.39 is 0 Å². The molecular weight excluding hydrogens is 232 g/mol. The topological polar surface area (TPSA) is 66.5 Å². The molecule has 1 aliphatic heterocycles. The number of anilines is 2. The summed E-state index contributed by atoms with van der Waals surface area (Å²) in [6, 6.07) is 3.78. The van der Waals surface area contributed by atoms with E-state index in [-0.39, 0.29) is 12.5 Å². The largest absolute Gasteiger partial charge is 0.378 e. The van der Waals surface area contributed by atoms with Crippen molar-refractivity contribution in [3.05, 3.63) is 18.3 Å². The summed E-state index contributed by atoms with van der Waals surface area (Å²) in [5.41, 5.74) is 1.06. The van der Waals surface area contributed by atoms with Crippen LogP contribution in [0.15, 0.2) is 18.3 Å². The van der Waals surface area contributed by atoms with Crippen molar-refractivity contribution in [1.82, 2.24) is 10.3 Å². The van der Waals surface area contributed by atoms with E-state index >= 15 is 0 Å². The highest BCUT2D eigenvalue weighted by atomic mass is 16.5. The van der Waals surface area contributed by atoms with Crippen LogP contribution in [0.3, 0.4) is 0 Å². The second-order valence-electron chi connectivity index (χ2n) is 4.08. The van der Waals surface area contributed by atoms with Crippen LogP contribution in [0, 0.1) is 0 Å². The van der Waals surface area contributed by atoms with Gasteiger partial charge in [0.05, 0.1) is 31.6 Å². The Hall–Kier alpha value is -1.66. The van der Waals surface area contributed by atoms with Crippen LogP contribution in [0.25, 0.3) is 0 Å². The van der Waals surface area contributed by atoms with E-state index in [9.17, 15) is 4.79 Å². The zero-order chi connectivity index (χ0) is 12.8. The second-order valence-corrected chi connectivity index (χ2v) is 4.08. The maximum absolute atomic E-state index is 11.4. The molecule has 1 fully saturated rings. The normalized spacial score (nSPS) is 15.5. The number of hydrogen-bond donors (Lipinski definition) is 2. The van der Waals surface area contributed by atoms with Gasteiger partial charge in [0.1, 0.15) is 5.82 Å². The van der Waals surface area contributed by atoms with E-state index in [1.165, 1.54) is 0 Å². The van der Waals surface area contributed by atoms with Gasteiger partial charge in [-0.15, -0.1) is 0 Å². The standard InChI is InChI=1S/C12H18N4O2/c1-13-9-12(17)15-11-3-2-10(8-14-11)16-4-6-18-7-5-16/h2-3,8,13H,4-7,9H2,1H3,(H,14,15,17). The molecule has 1 aliphatic rings. The van der Waals surface area contributed by atoms with E-state index in [0.717, 1.165) is 32.0 Å². The summed E-state index contributed by atoms with van der Waals surface area (Å²) in [6.07, 6.45) is 1.78. The Labute approximate surface area is 106 Å². The van der Waals surface area contributed by atoms with Gasteiger partial charge < -0.3 is 20.3 Å². The fraction of sp³-hybridized carbons (Fsp3) is 0.500. The van der Waals surface area contributed by atoms with Gasteiger partial charge in [0.15, 0.2) is 0 Å². The van der Waals surface area contributed by atoms with Crippen molar-refractivity contribution in [3.8, 4) is 0 Å². The second kappa shape index (κ2) is 6.32. The number of likely N-dealkylation sites (N-methyl/N-ethyl adjacent to an activating group) is 1. The molecule has 0 spiro atoms. The van der Waals surface area contributed by atoms with Gasteiger partial charge >= 0.3 is 0 Å². The molecule has 2 heterocycles. The van der Waals surface area contributed by atoms with Crippen LogP contribution >= 0.6 is 0 Å². The fourth-order valence-electron chi connectivity index (χ4n) is 1.82. The van der Waals surface area contributed by atoms with Crippen LogP contribution in [0.5, 0.6) is 0 Å². The van der Waals surface area contributed by atoms with Gasteiger partial charge in [0.2, 0.25) is 5.91 Å². The van der Waals surface area contributed by atoms with Crippen LogP contribution in [0.4, 0.5) is 11.5 Å². The van der Waals surface area contributed by atoms with Gasteiger partial charge in [-0.3, -0.25) is 4.79 Å². The number of pyridine rings is 1.